The van der Waals surface area contributed by atoms with Gasteiger partial charge in [0.25, 0.3) is 0 Å². The Morgan fingerprint density at radius 3 is 2.49 bits per heavy atom. The lowest BCUT2D eigenvalue weighted by atomic mass is 9.53. The number of carbonyl (C=O) groups is 2. The summed E-state index contributed by atoms with van der Waals surface area (Å²) in [5, 5.41) is 34.9. The fourth-order valence-electron chi connectivity index (χ4n) is 9.08. The van der Waals surface area contributed by atoms with Gasteiger partial charge < -0.3 is 39.0 Å². The van der Waals surface area contributed by atoms with Crippen molar-refractivity contribution in [2.24, 2.45) is 17.8 Å². The highest BCUT2D eigenvalue weighted by Gasteiger charge is 2.90. The van der Waals surface area contributed by atoms with Crippen molar-refractivity contribution in [2.45, 2.75) is 93.3 Å². The number of hydrogen-bond acceptors (Lipinski definition) is 10. The fraction of sp³-hybridized carbons (Fsp3) is 0.514. The Bertz CT molecular complexity index is 1610. The molecule has 0 radical (unpaired) electrons. The maximum atomic E-state index is 13.8. The topological polar surface area (TPSA) is 144 Å². The van der Waals surface area contributed by atoms with Gasteiger partial charge >= 0.3 is 11.9 Å². The Morgan fingerprint density at radius 1 is 1.09 bits per heavy atom. The molecule has 3 heterocycles. The number of epoxide rings is 1. The van der Waals surface area contributed by atoms with Crippen molar-refractivity contribution in [3.63, 3.8) is 0 Å². The normalized spacial score (nSPS) is 46.0. The number of ketones is 1. The van der Waals surface area contributed by atoms with E-state index in [1.807, 2.05) is 31.2 Å². The average molecular weight is 647 g/mol. The van der Waals surface area contributed by atoms with Gasteiger partial charge in [0.2, 0.25) is 0 Å². The van der Waals surface area contributed by atoms with Crippen LogP contribution in [0.25, 0.3) is 0 Å². The van der Waals surface area contributed by atoms with Crippen LogP contribution in [0.5, 0.6) is 0 Å². The van der Waals surface area contributed by atoms with Gasteiger partial charge in [-0.05, 0) is 31.4 Å². The van der Waals surface area contributed by atoms with E-state index in [9.17, 15) is 24.9 Å². The number of rotatable bonds is 9. The third-order valence-electron chi connectivity index (χ3n) is 11.3. The Labute approximate surface area is 274 Å². The van der Waals surface area contributed by atoms with Crippen molar-refractivity contribution in [3.05, 3.63) is 96.2 Å². The number of unbranched alkanes of at least 4 members (excludes halogenated alkanes) is 1. The van der Waals surface area contributed by atoms with E-state index in [0.29, 0.717) is 11.1 Å². The second kappa shape index (κ2) is 10.9. The van der Waals surface area contributed by atoms with Crippen LogP contribution in [-0.2, 0) is 39.2 Å². The van der Waals surface area contributed by atoms with Gasteiger partial charge in [0, 0.05) is 29.4 Å². The number of hydrogen-bond donors (Lipinski definition) is 3. The summed E-state index contributed by atoms with van der Waals surface area (Å²) in [5.41, 5.74) is -5.90. The van der Waals surface area contributed by atoms with Gasteiger partial charge in [-0.25, -0.2) is 4.79 Å². The van der Waals surface area contributed by atoms with Crippen LogP contribution < -0.4 is 0 Å². The summed E-state index contributed by atoms with van der Waals surface area (Å²) in [7, 11) is 0. The molecule has 0 spiro atoms. The summed E-state index contributed by atoms with van der Waals surface area (Å²) in [6.07, 6.45) is 9.29. The standard InChI is InChI=1S/C37H42O10/c1-6-7-8-9-10-11-15-18-26(39)43-29-23(5)36-25-19-22(4)28(40)34(25,42)32(41)33(20-38)30(44-33)27(36)31-35(29,21(2)3)46-37(45-31,47-36)24-16-13-12-14-17-24/h8-19,23,25,27,29-32,38,41-42H,2,6-7,20H2,1,3-5H3/b9-8+,11-10+,18-15+. The summed E-state index contributed by atoms with van der Waals surface area (Å²) >= 11 is 0. The molecule has 1 aromatic carbocycles. The number of aliphatic hydroxyl groups excluding tert-OH is 2. The molecule has 10 nitrogen and oxygen atoms in total. The summed E-state index contributed by atoms with van der Waals surface area (Å²) < 4.78 is 33.3. The number of ether oxygens (including phenoxy) is 5. The van der Waals surface area contributed by atoms with E-state index < -0.39 is 88.9 Å². The van der Waals surface area contributed by atoms with Crippen molar-refractivity contribution in [3.8, 4) is 0 Å². The zero-order valence-corrected chi connectivity index (χ0v) is 27.0. The molecule has 3 aliphatic carbocycles. The van der Waals surface area contributed by atoms with E-state index in [2.05, 4.69) is 13.5 Å². The van der Waals surface area contributed by atoms with Crippen LogP contribution in [0.4, 0.5) is 0 Å². The van der Waals surface area contributed by atoms with E-state index in [-0.39, 0.29) is 5.57 Å². The summed E-state index contributed by atoms with van der Waals surface area (Å²) in [6, 6.07) is 9.01. The van der Waals surface area contributed by atoms with E-state index in [4.69, 9.17) is 23.7 Å². The molecule has 0 aromatic heterocycles. The van der Waals surface area contributed by atoms with Gasteiger partial charge in [0.05, 0.1) is 12.2 Å². The van der Waals surface area contributed by atoms with E-state index in [0.717, 1.165) is 12.8 Å². The first kappa shape index (κ1) is 32.3. The van der Waals surface area contributed by atoms with Gasteiger partial charge in [0.1, 0.15) is 30.0 Å². The Morgan fingerprint density at radius 2 is 1.81 bits per heavy atom. The Balaban J connectivity index is 1.40. The van der Waals surface area contributed by atoms with Crippen molar-refractivity contribution in [2.75, 3.05) is 6.61 Å². The molecule has 7 rings (SSSR count). The highest BCUT2D eigenvalue weighted by Crippen LogP contribution is 2.74. The SMILES string of the molecule is C=C(C)C12OC3(c4ccccc4)OC1C1C4OC4(CO)C(O)C4(O)C(=O)C(C)=CC4C1(O3)C(C)C2OC(=O)/C=C/C=C/C=C/CCC. The van der Waals surface area contributed by atoms with E-state index in [1.54, 1.807) is 56.3 Å². The van der Waals surface area contributed by atoms with Crippen LogP contribution in [0, 0.1) is 17.8 Å². The van der Waals surface area contributed by atoms with E-state index >= 15 is 0 Å². The number of aliphatic hydroxyl groups is 3. The first-order valence-electron chi connectivity index (χ1n) is 16.3. The van der Waals surface area contributed by atoms with Crippen molar-refractivity contribution in [1.29, 1.82) is 0 Å². The quantitative estimate of drug-likeness (QED) is 0.120. The van der Waals surface area contributed by atoms with E-state index in [1.165, 1.54) is 6.08 Å². The maximum Gasteiger partial charge on any atom is 0.331 e. The predicted octanol–water partition coefficient (Wildman–Crippen LogP) is 3.32. The second-order valence-corrected chi connectivity index (χ2v) is 13.8. The van der Waals surface area contributed by atoms with Crippen LogP contribution in [0.2, 0.25) is 0 Å². The number of Topliss-reactive ketones (excluding diaryl/α,β-unsaturated/α-hetero) is 1. The minimum atomic E-state index is -2.42. The first-order valence-corrected chi connectivity index (χ1v) is 16.3. The molecule has 47 heavy (non-hydrogen) atoms. The van der Waals surface area contributed by atoms with Crippen LogP contribution in [0.15, 0.2) is 90.6 Å². The number of benzene rings is 1. The molecule has 3 saturated heterocycles. The molecule has 12 unspecified atom stereocenters. The second-order valence-electron chi connectivity index (χ2n) is 13.8. The van der Waals surface area contributed by atoms with Gasteiger partial charge in [-0.1, -0.05) is 93.6 Å². The molecule has 1 aromatic rings. The molecule has 3 bridgehead atoms. The highest BCUT2D eigenvalue weighted by molar-refractivity contribution is 6.05. The lowest BCUT2D eigenvalue weighted by Gasteiger charge is -2.61. The largest absolute Gasteiger partial charge is 0.455 e. The fourth-order valence-corrected chi connectivity index (χ4v) is 9.08. The lowest BCUT2D eigenvalue weighted by molar-refractivity contribution is -0.440. The molecule has 3 N–H and O–H groups in total. The first-order chi connectivity index (χ1) is 22.4. The molecule has 0 amide bonds. The van der Waals surface area contributed by atoms with Gasteiger partial charge in [-0.15, -0.1) is 0 Å². The van der Waals surface area contributed by atoms with Gasteiger partial charge in [-0.2, -0.15) is 0 Å². The highest BCUT2D eigenvalue weighted by atomic mass is 16.9. The number of carbonyl (C=O) groups excluding carboxylic acids is 2. The predicted molar refractivity (Wildman–Crippen MR) is 168 cm³/mol. The summed E-state index contributed by atoms with van der Waals surface area (Å²) in [4.78, 5) is 27.4. The van der Waals surface area contributed by atoms with Crippen molar-refractivity contribution in [1.82, 2.24) is 0 Å². The number of allylic oxidation sites excluding steroid dienone is 5. The van der Waals surface area contributed by atoms with Crippen molar-refractivity contribution >= 4 is 11.8 Å². The molecule has 2 saturated carbocycles. The average Bonchev–Trinajstić information content (AvgIpc) is 3.68. The lowest BCUT2D eigenvalue weighted by Crippen LogP contribution is -2.76. The third kappa shape index (κ3) is 4.04. The third-order valence-corrected chi connectivity index (χ3v) is 11.3. The number of fused-ring (bicyclic) bond motifs is 3. The molecule has 250 valence electrons. The summed E-state index contributed by atoms with van der Waals surface area (Å²) in [5.74, 6) is -5.92. The molecule has 10 heteroatoms. The molecule has 5 fully saturated rings. The Hall–Kier alpha value is -3.22. The zero-order chi connectivity index (χ0) is 33.6. The zero-order valence-electron chi connectivity index (χ0n) is 27.0. The van der Waals surface area contributed by atoms with Crippen LogP contribution >= 0.6 is 0 Å². The molecular weight excluding hydrogens is 604 g/mol. The van der Waals surface area contributed by atoms with Gasteiger partial charge in [0.15, 0.2) is 17.0 Å². The molecule has 12 atom stereocenters. The molecule has 6 aliphatic rings. The monoisotopic (exact) mass is 646 g/mol. The van der Waals surface area contributed by atoms with Gasteiger partial charge in [-0.3, -0.25) is 4.79 Å². The van der Waals surface area contributed by atoms with Crippen molar-refractivity contribution < 1.29 is 48.6 Å². The van der Waals surface area contributed by atoms with Crippen LogP contribution in [0.3, 0.4) is 0 Å². The minimum Gasteiger partial charge on any atom is -0.455 e. The van der Waals surface area contributed by atoms with Crippen LogP contribution in [-0.4, -0.2) is 80.5 Å². The Kier molecular flexibility index (Phi) is 7.50. The molecular formula is C37H42O10. The minimum absolute atomic E-state index is 0.231. The molecule has 3 aliphatic heterocycles. The maximum absolute atomic E-state index is 13.8. The number of esters is 1. The smallest absolute Gasteiger partial charge is 0.331 e. The van der Waals surface area contributed by atoms with Crippen LogP contribution in [0.1, 0.15) is 46.1 Å². The summed E-state index contributed by atoms with van der Waals surface area (Å²) in [6.45, 7) is 10.9.